The second kappa shape index (κ2) is 9.30. The van der Waals surface area contributed by atoms with E-state index in [9.17, 15) is 18.4 Å². The number of ether oxygens (including phenoxy) is 1. The summed E-state index contributed by atoms with van der Waals surface area (Å²) in [6.07, 6.45) is 1.30. The number of likely N-dealkylation sites (tertiary alicyclic amines) is 1. The maximum absolute atomic E-state index is 12.9. The molecule has 2 amide bonds. The van der Waals surface area contributed by atoms with Crippen molar-refractivity contribution in [2.75, 3.05) is 18.4 Å². The van der Waals surface area contributed by atoms with Crippen LogP contribution in [-0.4, -0.2) is 41.4 Å². The highest BCUT2D eigenvalue weighted by molar-refractivity contribution is 7.13. The highest BCUT2D eigenvalue weighted by Gasteiger charge is 2.30. The Bertz CT molecular complexity index is 872. The van der Waals surface area contributed by atoms with Gasteiger partial charge in [0, 0.05) is 18.5 Å². The molecule has 0 bridgehead atoms. The van der Waals surface area contributed by atoms with Gasteiger partial charge in [-0.2, -0.15) is 8.78 Å². The smallest absolute Gasteiger partial charge is 0.387 e. The van der Waals surface area contributed by atoms with Gasteiger partial charge >= 0.3 is 6.61 Å². The monoisotopic (exact) mass is 423 g/mol. The quantitative estimate of drug-likeness (QED) is 0.750. The predicted octanol–water partition coefficient (Wildman–Crippen LogP) is 4.36. The topological polar surface area (TPSA) is 71.5 Å². The van der Waals surface area contributed by atoms with Crippen LogP contribution in [0.5, 0.6) is 5.75 Å². The van der Waals surface area contributed by atoms with Crippen molar-refractivity contribution in [3.8, 4) is 5.75 Å². The highest BCUT2D eigenvalue weighted by atomic mass is 32.1. The van der Waals surface area contributed by atoms with Crippen LogP contribution < -0.4 is 10.1 Å². The molecule has 1 aliphatic heterocycles. The van der Waals surface area contributed by atoms with Crippen LogP contribution in [0, 0.1) is 5.92 Å². The molecular formula is C20H23F2N3O3S. The number of carbonyl (C=O) groups excluding carboxylic acids is 2. The number of anilines is 1. The molecule has 0 spiro atoms. The van der Waals surface area contributed by atoms with Crippen LogP contribution in [0.1, 0.15) is 48.7 Å². The van der Waals surface area contributed by atoms with E-state index >= 15 is 0 Å². The predicted molar refractivity (Wildman–Crippen MR) is 107 cm³/mol. The van der Waals surface area contributed by atoms with Crippen molar-refractivity contribution in [1.29, 1.82) is 0 Å². The number of aromatic nitrogens is 1. The Morgan fingerprint density at radius 2 is 2.07 bits per heavy atom. The summed E-state index contributed by atoms with van der Waals surface area (Å²) in [7, 11) is 0. The lowest BCUT2D eigenvalue weighted by atomic mass is 9.96. The molecule has 1 aromatic carbocycles. The Balaban J connectivity index is 1.67. The van der Waals surface area contributed by atoms with Crippen LogP contribution in [-0.2, 0) is 4.79 Å². The van der Waals surface area contributed by atoms with Crippen molar-refractivity contribution in [1.82, 2.24) is 9.88 Å². The number of nitrogens with one attached hydrogen (secondary N) is 1. The number of para-hydroxylation sites is 1. The lowest BCUT2D eigenvalue weighted by Crippen LogP contribution is -2.43. The van der Waals surface area contributed by atoms with Crippen LogP contribution in [0.3, 0.4) is 0 Å². The van der Waals surface area contributed by atoms with Crippen LogP contribution in [0.15, 0.2) is 29.6 Å². The number of nitrogens with zero attached hydrogens (tertiary/aromatic N) is 2. The van der Waals surface area contributed by atoms with Gasteiger partial charge in [0.2, 0.25) is 5.91 Å². The van der Waals surface area contributed by atoms with Crippen molar-refractivity contribution in [2.45, 2.75) is 39.2 Å². The lowest BCUT2D eigenvalue weighted by Gasteiger charge is -2.32. The summed E-state index contributed by atoms with van der Waals surface area (Å²) in [6.45, 7) is 1.72. The minimum Gasteiger partial charge on any atom is -0.434 e. The van der Waals surface area contributed by atoms with Gasteiger partial charge in [-0.3, -0.25) is 9.59 Å². The van der Waals surface area contributed by atoms with Gasteiger partial charge in [-0.05, 0) is 30.9 Å². The van der Waals surface area contributed by atoms with E-state index < -0.39 is 12.5 Å². The number of rotatable bonds is 6. The first kappa shape index (κ1) is 21.2. The number of hydrogen-bond donors (Lipinski definition) is 1. The molecule has 2 heterocycles. The van der Waals surface area contributed by atoms with E-state index in [0.29, 0.717) is 24.5 Å². The third-order valence-electron chi connectivity index (χ3n) is 4.76. The summed E-state index contributed by atoms with van der Waals surface area (Å²) < 4.78 is 29.7. The second-order valence-electron chi connectivity index (χ2n) is 7.19. The van der Waals surface area contributed by atoms with Crippen LogP contribution >= 0.6 is 11.3 Å². The molecule has 0 radical (unpaired) electrons. The zero-order valence-corrected chi connectivity index (χ0v) is 17.0. The van der Waals surface area contributed by atoms with Crippen molar-refractivity contribution in [2.24, 2.45) is 5.92 Å². The van der Waals surface area contributed by atoms with Gasteiger partial charge in [0.25, 0.3) is 5.91 Å². The molecule has 0 aliphatic carbocycles. The zero-order chi connectivity index (χ0) is 21.0. The first-order valence-electron chi connectivity index (χ1n) is 9.44. The number of hydrogen-bond acceptors (Lipinski definition) is 5. The van der Waals surface area contributed by atoms with Gasteiger partial charge in [0.15, 0.2) is 5.13 Å². The van der Waals surface area contributed by atoms with Gasteiger partial charge in [0.05, 0.1) is 17.2 Å². The number of benzene rings is 1. The number of amides is 2. The van der Waals surface area contributed by atoms with E-state index in [0.717, 1.165) is 5.69 Å². The average Bonchev–Trinajstić information content (AvgIpc) is 3.16. The number of alkyl halides is 2. The molecule has 1 saturated heterocycles. The molecule has 1 aromatic heterocycles. The molecule has 9 heteroatoms. The SMILES string of the molecule is CC(C)c1csc(NC(=O)C2CCCN(C(=O)c3ccccc3OC(F)F)C2)n1. The van der Waals surface area contributed by atoms with Gasteiger partial charge in [-0.25, -0.2) is 4.98 Å². The largest absolute Gasteiger partial charge is 0.434 e. The standard InChI is InChI=1S/C20H23F2N3O3S/c1-12(2)15-11-29-20(23-15)24-17(26)13-6-5-9-25(10-13)18(27)14-7-3-4-8-16(14)28-19(21)22/h3-4,7-8,11-13,19H,5-6,9-10H2,1-2H3,(H,23,24,26). The molecule has 1 N–H and O–H groups in total. The van der Waals surface area contributed by atoms with Crippen molar-refractivity contribution in [3.63, 3.8) is 0 Å². The Labute approximate surface area is 171 Å². The zero-order valence-electron chi connectivity index (χ0n) is 16.2. The fourth-order valence-corrected chi connectivity index (χ4v) is 4.08. The van der Waals surface area contributed by atoms with E-state index in [1.165, 1.54) is 34.4 Å². The summed E-state index contributed by atoms with van der Waals surface area (Å²) in [6, 6.07) is 5.91. The van der Waals surface area contributed by atoms with E-state index in [4.69, 9.17) is 0 Å². The van der Waals surface area contributed by atoms with E-state index in [-0.39, 0.29) is 35.6 Å². The number of halogens is 2. The summed E-state index contributed by atoms with van der Waals surface area (Å²) in [5.74, 6) is -0.889. The van der Waals surface area contributed by atoms with E-state index in [1.807, 2.05) is 19.2 Å². The summed E-state index contributed by atoms with van der Waals surface area (Å²) in [4.78, 5) is 31.4. The lowest BCUT2D eigenvalue weighted by molar-refractivity contribution is -0.121. The van der Waals surface area contributed by atoms with E-state index in [1.54, 1.807) is 6.07 Å². The number of carbonyl (C=O) groups is 2. The van der Waals surface area contributed by atoms with E-state index in [2.05, 4.69) is 15.0 Å². The number of thiazole rings is 1. The molecule has 1 unspecified atom stereocenters. The fraction of sp³-hybridized carbons (Fsp3) is 0.450. The molecule has 6 nitrogen and oxygen atoms in total. The molecule has 1 fully saturated rings. The molecule has 29 heavy (non-hydrogen) atoms. The molecular weight excluding hydrogens is 400 g/mol. The highest BCUT2D eigenvalue weighted by Crippen LogP contribution is 2.27. The van der Waals surface area contributed by atoms with Gasteiger partial charge in [-0.15, -0.1) is 11.3 Å². The molecule has 1 aliphatic rings. The second-order valence-corrected chi connectivity index (χ2v) is 8.04. The summed E-state index contributed by atoms with van der Waals surface area (Å²) >= 11 is 1.37. The summed E-state index contributed by atoms with van der Waals surface area (Å²) in [5, 5.41) is 5.28. The number of piperidine rings is 1. The van der Waals surface area contributed by atoms with Crippen LogP contribution in [0.2, 0.25) is 0 Å². The maximum Gasteiger partial charge on any atom is 0.387 e. The first-order valence-corrected chi connectivity index (χ1v) is 10.3. The Morgan fingerprint density at radius 1 is 1.31 bits per heavy atom. The van der Waals surface area contributed by atoms with Crippen molar-refractivity contribution < 1.29 is 23.1 Å². The van der Waals surface area contributed by atoms with Crippen molar-refractivity contribution >= 4 is 28.3 Å². The molecule has 156 valence electrons. The third-order valence-corrected chi connectivity index (χ3v) is 5.53. The third kappa shape index (κ3) is 5.29. The molecule has 0 saturated carbocycles. The van der Waals surface area contributed by atoms with Gasteiger partial charge < -0.3 is 15.0 Å². The molecule has 2 aromatic rings. The Kier molecular flexibility index (Phi) is 6.79. The van der Waals surface area contributed by atoms with Crippen LogP contribution in [0.4, 0.5) is 13.9 Å². The Morgan fingerprint density at radius 3 is 2.76 bits per heavy atom. The van der Waals surface area contributed by atoms with Crippen LogP contribution in [0.25, 0.3) is 0 Å². The van der Waals surface area contributed by atoms with Gasteiger partial charge in [0.1, 0.15) is 5.75 Å². The minimum absolute atomic E-state index is 0.0651. The molecule has 3 rings (SSSR count). The average molecular weight is 423 g/mol. The normalized spacial score (nSPS) is 16.9. The fourth-order valence-electron chi connectivity index (χ4n) is 3.20. The molecule has 1 atom stereocenters. The van der Waals surface area contributed by atoms with Crippen molar-refractivity contribution in [3.05, 3.63) is 40.9 Å². The first-order chi connectivity index (χ1) is 13.8. The maximum atomic E-state index is 12.9. The van der Waals surface area contributed by atoms with Gasteiger partial charge in [-0.1, -0.05) is 26.0 Å². The minimum atomic E-state index is -3.02. The Hall–Kier alpha value is -2.55. The summed E-state index contributed by atoms with van der Waals surface area (Å²) in [5.41, 5.74) is 0.983.